The van der Waals surface area contributed by atoms with E-state index in [2.05, 4.69) is 4.98 Å². The van der Waals surface area contributed by atoms with Crippen LogP contribution in [-0.2, 0) is 16.1 Å². The number of fused-ring (bicyclic) bond motifs is 1. The fourth-order valence-electron chi connectivity index (χ4n) is 2.46. The Balaban J connectivity index is 1.96. The van der Waals surface area contributed by atoms with Crippen molar-refractivity contribution in [2.45, 2.75) is 13.5 Å². The number of esters is 2. The molecule has 0 radical (unpaired) electrons. The average molecular weight is 352 g/mol. The van der Waals surface area contributed by atoms with Gasteiger partial charge in [0.05, 0.1) is 12.2 Å². The molecule has 0 aliphatic heterocycles. The van der Waals surface area contributed by atoms with Crippen LogP contribution in [0.5, 0.6) is 0 Å². The second-order valence-electron chi connectivity index (χ2n) is 5.35. The highest BCUT2D eigenvalue weighted by Gasteiger charge is 2.28. The second-order valence-corrected chi connectivity index (χ2v) is 5.35. The molecule has 7 heteroatoms. The van der Waals surface area contributed by atoms with Gasteiger partial charge >= 0.3 is 17.6 Å². The van der Waals surface area contributed by atoms with Crippen LogP contribution in [-0.4, -0.2) is 23.5 Å². The van der Waals surface area contributed by atoms with E-state index in [1.165, 1.54) is 0 Å². The number of aromatic nitrogens is 2. The van der Waals surface area contributed by atoms with E-state index in [1.807, 2.05) is 0 Å². The summed E-state index contributed by atoms with van der Waals surface area (Å²) in [6.07, 6.45) is 0. The van der Waals surface area contributed by atoms with Gasteiger partial charge < -0.3 is 14.7 Å². The Labute approximate surface area is 149 Å². The van der Waals surface area contributed by atoms with Crippen LogP contribution in [0.1, 0.15) is 33.5 Å². The Hall–Kier alpha value is -3.48. The van der Waals surface area contributed by atoms with E-state index >= 15 is 0 Å². The summed E-state index contributed by atoms with van der Waals surface area (Å²) < 4.78 is 10.6. The molecule has 0 atom stereocenters. The fraction of sp³-hybridized carbons (Fsp3) is 0.158. The molecule has 0 N–H and O–H groups in total. The molecule has 2 aromatic carbocycles. The van der Waals surface area contributed by atoms with Crippen molar-refractivity contribution >= 4 is 23.0 Å². The SMILES string of the molecule is CCOC(=O)c1c(COC(=O)c2ccccc2)nc2ccccc2[n+]1[O-]. The molecule has 0 amide bonds. The van der Waals surface area contributed by atoms with Gasteiger partial charge in [0, 0.05) is 6.07 Å². The maximum atomic E-state index is 12.6. The Morgan fingerprint density at radius 1 is 1.00 bits per heavy atom. The van der Waals surface area contributed by atoms with Gasteiger partial charge in [0.15, 0.2) is 5.69 Å². The van der Waals surface area contributed by atoms with E-state index in [0.717, 1.165) is 0 Å². The monoisotopic (exact) mass is 352 g/mol. The maximum Gasteiger partial charge on any atom is 0.407 e. The van der Waals surface area contributed by atoms with Crippen molar-refractivity contribution in [3.8, 4) is 0 Å². The molecule has 0 aliphatic carbocycles. The van der Waals surface area contributed by atoms with Crippen molar-refractivity contribution in [2.75, 3.05) is 6.61 Å². The van der Waals surface area contributed by atoms with Crippen molar-refractivity contribution in [3.63, 3.8) is 0 Å². The molecule has 0 unspecified atom stereocenters. The van der Waals surface area contributed by atoms with E-state index in [4.69, 9.17) is 9.47 Å². The Bertz CT molecular complexity index is 957. The van der Waals surface area contributed by atoms with Gasteiger partial charge in [0.25, 0.3) is 0 Å². The summed E-state index contributed by atoms with van der Waals surface area (Å²) in [6.45, 7) is 1.42. The number of hydrogen-bond acceptors (Lipinski definition) is 6. The third-order valence-electron chi connectivity index (χ3n) is 3.65. The minimum atomic E-state index is -0.813. The van der Waals surface area contributed by atoms with Gasteiger partial charge in [-0.2, -0.15) is 4.73 Å². The van der Waals surface area contributed by atoms with Crippen molar-refractivity contribution < 1.29 is 23.8 Å². The van der Waals surface area contributed by atoms with Crippen molar-refractivity contribution in [1.29, 1.82) is 0 Å². The first-order valence-corrected chi connectivity index (χ1v) is 8.02. The second kappa shape index (κ2) is 7.60. The summed E-state index contributed by atoms with van der Waals surface area (Å²) in [5, 5.41) is 12.6. The fourth-order valence-corrected chi connectivity index (χ4v) is 2.46. The normalized spacial score (nSPS) is 10.5. The number of rotatable bonds is 5. The summed E-state index contributed by atoms with van der Waals surface area (Å²) in [4.78, 5) is 28.6. The molecule has 0 bridgehead atoms. The number of carbonyl (C=O) groups is 2. The van der Waals surface area contributed by atoms with E-state index in [-0.39, 0.29) is 30.1 Å². The zero-order valence-electron chi connectivity index (χ0n) is 14.0. The molecule has 132 valence electrons. The Kier molecular flexibility index (Phi) is 5.07. The molecule has 3 rings (SSSR count). The Morgan fingerprint density at radius 3 is 2.42 bits per heavy atom. The highest BCUT2D eigenvalue weighted by atomic mass is 16.5. The zero-order chi connectivity index (χ0) is 18.5. The third kappa shape index (κ3) is 3.46. The first kappa shape index (κ1) is 17.3. The van der Waals surface area contributed by atoms with Crippen molar-refractivity contribution in [1.82, 2.24) is 4.98 Å². The highest BCUT2D eigenvalue weighted by Crippen LogP contribution is 2.14. The molecule has 1 heterocycles. The summed E-state index contributed by atoms with van der Waals surface area (Å²) in [5.41, 5.74) is 0.740. The van der Waals surface area contributed by atoms with Crippen LogP contribution in [0, 0.1) is 5.21 Å². The van der Waals surface area contributed by atoms with Gasteiger partial charge in [-0.25, -0.2) is 14.6 Å². The molecular formula is C19H16N2O5. The molecule has 0 aliphatic rings. The van der Waals surface area contributed by atoms with Gasteiger partial charge in [-0.05, 0) is 25.1 Å². The lowest BCUT2D eigenvalue weighted by Crippen LogP contribution is -2.39. The van der Waals surface area contributed by atoms with E-state index < -0.39 is 11.9 Å². The summed E-state index contributed by atoms with van der Waals surface area (Å²) in [6, 6.07) is 15.0. The van der Waals surface area contributed by atoms with Gasteiger partial charge in [0.1, 0.15) is 12.1 Å². The zero-order valence-corrected chi connectivity index (χ0v) is 14.0. The van der Waals surface area contributed by atoms with Crippen LogP contribution in [0.4, 0.5) is 0 Å². The quantitative estimate of drug-likeness (QED) is 0.398. The van der Waals surface area contributed by atoms with Crippen LogP contribution in [0.2, 0.25) is 0 Å². The summed E-state index contributed by atoms with van der Waals surface area (Å²) >= 11 is 0. The number of ether oxygens (including phenoxy) is 2. The molecular weight excluding hydrogens is 336 g/mol. The first-order valence-electron chi connectivity index (χ1n) is 8.02. The van der Waals surface area contributed by atoms with Crippen molar-refractivity contribution in [3.05, 3.63) is 76.8 Å². The van der Waals surface area contributed by atoms with Crippen LogP contribution in [0.3, 0.4) is 0 Å². The molecule has 0 saturated carbocycles. The van der Waals surface area contributed by atoms with Crippen LogP contribution >= 0.6 is 0 Å². The van der Waals surface area contributed by atoms with Gasteiger partial charge in [-0.15, -0.1) is 0 Å². The lowest BCUT2D eigenvalue weighted by molar-refractivity contribution is -0.581. The minimum Gasteiger partial charge on any atom is -0.618 e. The van der Waals surface area contributed by atoms with Gasteiger partial charge in [-0.1, -0.05) is 30.3 Å². The standard InChI is InChI=1S/C19H16N2O5/c1-2-25-19(23)17-15(12-26-18(22)13-8-4-3-5-9-13)20-14-10-6-7-11-16(14)21(17)24/h3-11H,2,12H2,1H3. The van der Waals surface area contributed by atoms with Gasteiger partial charge in [0.2, 0.25) is 5.52 Å². The maximum absolute atomic E-state index is 12.6. The molecule has 0 fully saturated rings. The number of hydrogen-bond donors (Lipinski definition) is 0. The van der Waals surface area contributed by atoms with E-state index in [1.54, 1.807) is 61.5 Å². The summed E-state index contributed by atoms with van der Waals surface area (Å²) in [5.74, 6) is -1.39. The smallest absolute Gasteiger partial charge is 0.407 e. The molecule has 0 saturated heterocycles. The van der Waals surface area contributed by atoms with Crippen molar-refractivity contribution in [2.24, 2.45) is 0 Å². The molecule has 26 heavy (non-hydrogen) atoms. The minimum absolute atomic E-state index is 0.0430. The number of nitrogens with zero attached hydrogens (tertiary/aromatic N) is 2. The predicted molar refractivity (Wildman–Crippen MR) is 92.2 cm³/mol. The van der Waals surface area contributed by atoms with E-state index in [9.17, 15) is 14.8 Å². The number of para-hydroxylation sites is 2. The summed E-state index contributed by atoms with van der Waals surface area (Å²) in [7, 11) is 0. The van der Waals surface area contributed by atoms with E-state index in [0.29, 0.717) is 15.8 Å². The number of carbonyl (C=O) groups excluding carboxylic acids is 2. The van der Waals surface area contributed by atoms with Crippen LogP contribution in [0.15, 0.2) is 54.6 Å². The highest BCUT2D eigenvalue weighted by molar-refractivity contribution is 5.90. The Morgan fingerprint density at radius 2 is 1.69 bits per heavy atom. The lowest BCUT2D eigenvalue weighted by Gasteiger charge is -2.11. The molecule has 7 nitrogen and oxygen atoms in total. The van der Waals surface area contributed by atoms with Gasteiger partial charge in [-0.3, -0.25) is 0 Å². The largest absolute Gasteiger partial charge is 0.618 e. The number of benzene rings is 2. The molecule has 1 aromatic heterocycles. The lowest BCUT2D eigenvalue weighted by atomic mass is 10.2. The predicted octanol–water partition coefficient (Wildman–Crippen LogP) is 2.40. The average Bonchev–Trinajstić information content (AvgIpc) is 2.67. The first-order chi connectivity index (χ1) is 12.6. The molecule has 3 aromatic rings. The topological polar surface area (TPSA) is 92.4 Å². The van der Waals surface area contributed by atoms with Crippen LogP contribution < -0.4 is 4.73 Å². The molecule has 0 spiro atoms. The van der Waals surface area contributed by atoms with Crippen LogP contribution in [0.25, 0.3) is 11.0 Å². The third-order valence-corrected chi connectivity index (χ3v) is 3.65.